The zero-order valence-corrected chi connectivity index (χ0v) is 14.1. The fraction of sp³-hybridized carbons (Fsp3) is 0.250. The summed E-state index contributed by atoms with van der Waals surface area (Å²) in [5.74, 6) is 0.153. The van der Waals surface area contributed by atoms with Crippen LogP contribution in [0.3, 0.4) is 0 Å². The van der Waals surface area contributed by atoms with Crippen molar-refractivity contribution in [3.8, 4) is 16.9 Å². The summed E-state index contributed by atoms with van der Waals surface area (Å²) in [5.41, 5.74) is 6.00. The monoisotopic (exact) mass is 306 g/mol. The van der Waals surface area contributed by atoms with Crippen LogP contribution in [0.15, 0.2) is 53.3 Å². The van der Waals surface area contributed by atoms with Crippen LogP contribution in [-0.4, -0.2) is 9.78 Å². The Balaban J connectivity index is 2.25. The normalized spacial score (nSPS) is 11.2. The minimum absolute atomic E-state index is 0.0323. The van der Waals surface area contributed by atoms with Gasteiger partial charge >= 0.3 is 0 Å². The van der Waals surface area contributed by atoms with E-state index in [1.54, 1.807) is 4.68 Å². The van der Waals surface area contributed by atoms with Crippen molar-refractivity contribution in [3.05, 3.63) is 75.6 Å². The molecule has 0 saturated heterocycles. The largest absolute Gasteiger partial charge is 0.290 e. The second kappa shape index (κ2) is 5.92. The van der Waals surface area contributed by atoms with Crippen LogP contribution in [0.1, 0.15) is 36.5 Å². The third-order valence-electron chi connectivity index (χ3n) is 4.20. The number of aryl methyl sites for hydroxylation is 2. The number of benzene rings is 2. The molecular formula is C20H22N2O. The molecule has 0 aliphatic heterocycles. The standard InChI is InChI=1S/C20H22N2O/c1-13(2)18-19(16-11-9-14(3)10-12-16)21-22(20(18)23)17-8-6-5-7-15(17)4/h5-13,21H,1-4H3. The van der Waals surface area contributed by atoms with Gasteiger partial charge in [-0.1, -0.05) is 61.9 Å². The number of hydrogen-bond donors (Lipinski definition) is 1. The van der Waals surface area contributed by atoms with Crippen molar-refractivity contribution < 1.29 is 0 Å². The Morgan fingerprint density at radius 2 is 1.61 bits per heavy atom. The van der Waals surface area contributed by atoms with Crippen LogP contribution >= 0.6 is 0 Å². The summed E-state index contributed by atoms with van der Waals surface area (Å²) in [7, 11) is 0. The molecule has 1 N–H and O–H groups in total. The zero-order valence-electron chi connectivity index (χ0n) is 14.1. The summed E-state index contributed by atoms with van der Waals surface area (Å²) in [6.45, 7) is 8.20. The highest BCUT2D eigenvalue weighted by Crippen LogP contribution is 2.26. The van der Waals surface area contributed by atoms with Crippen molar-refractivity contribution in [1.82, 2.24) is 9.78 Å². The average Bonchev–Trinajstić information content (AvgIpc) is 2.86. The molecule has 23 heavy (non-hydrogen) atoms. The van der Waals surface area contributed by atoms with Crippen LogP contribution in [0.2, 0.25) is 0 Å². The van der Waals surface area contributed by atoms with Crippen LogP contribution in [0, 0.1) is 13.8 Å². The van der Waals surface area contributed by atoms with Gasteiger partial charge in [0.1, 0.15) is 0 Å². The van der Waals surface area contributed by atoms with Gasteiger partial charge in [0.2, 0.25) is 0 Å². The second-order valence-electron chi connectivity index (χ2n) is 6.35. The predicted molar refractivity (Wildman–Crippen MR) is 95.4 cm³/mol. The summed E-state index contributed by atoms with van der Waals surface area (Å²) < 4.78 is 1.67. The van der Waals surface area contributed by atoms with Gasteiger partial charge in [-0.2, -0.15) is 0 Å². The first kappa shape index (κ1) is 15.3. The Morgan fingerprint density at radius 1 is 0.957 bits per heavy atom. The number of para-hydroxylation sites is 1. The molecule has 118 valence electrons. The van der Waals surface area contributed by atoms with Gasteiger partial charge < -0.3 is 0 Å². The molecule has 3 heteroatoms. The maximum atomic E-state index is 13.0. The van der Waals surface area contributed by atoms with E-state index >= 15 is 0 Å². The lowest BCUT2D eigenvalue weighted by Crippen LogP contribution is -2.18. The Kier molecular flexibility index (Phi) is 3.95. The molecule has 3 aromatic rings. The molecule has 0 bridgehead atoms. The maximum absolute atomic E-state index is 13.0. The van der Waals surface area contributed by atoms with E-state index in [9.17, 15) is 4.79 Å². The Labute approximate surface area is 136 Å². The average molecular weight is 306 g/mol. The van der Waals surface area contributed by atoms with Crippen molar-refractivity contribution in [2.24, 2.45) is 0 Å². The molecule has 0 amide bonds. The smallest absolute Gasteiger partial charge is 0.275 e. The van der Waals surface area contributed by atoms with Crippen LogP contribution in [0.4, 0.5) is 0 Å². The van der Waals surface area contributed by atoms with Gasteiger partial charge in [0.05, 0.1) is 11.4 Å². The Bertz CT molecular complexity index is 883. The number of aromatic nitrogens is 2. The van der Waals surface area contributed by atoms with Gasteiger partial charge in [-0.05, 0) is 37.0 Å². The summed E-state index contributed by atoms with van der Waals surface area (Å²) in [5, 5.41) is 3.33. The molecule has 0 aliphatic rings. The van der Waals surface area contributed by atoms with E-state index in [0.717, 1.165) is 28.1 Å². The number of rotatable bonds is 3. The van der Waals surface area contributed by atoms with E-state index in [-0.39, 0.29) is 11.5 Å². The first-order chi connectivity index (χ1) is 11.0. The number of nitrogens with one attached hydrogen (secondary N) is 1. The first-order valence-electron chi connectivity index (χ1n) is 7.97. The molecule has 0 unspecified atom stereocenters. The van der Waals surface area contributed by atoms with Crippen LogP contribution in [0.25, 0.3) is 16.9 Å². The number of H-pyrrole nitrogens is 1. The van der Waals surface area contributed by atoms with Gasteiger partial charge in [0, 0.05) is 5.56 Å². The summed E-state index contributed by atoms with van der Waals surface area (Å²) in [6, 6.07) is 16.2. The van der Waals surface area contributed by atoms with Crippen molar-refractivity contribution >= 4 is 0 Å². The van der Waals surface area contributed by atoms with Gasteiger partial charge in [-0.3, -0.25) is 9.89 Å². The summed E-state index contributed by atoms with van der Waals surface area (Å²) in [6.07, 6.45) is 0. The SMILES string of the molecule is Cc1ccc(-c2[nH]n(-c3ccccc3C)c(=O)c2C(C)C)cc1. The van der Waals surface area contributed by atoms with Gasteiger partial charge in [-0.15, -0.1) is 0 Å². The topological polar surface area (TPSA) is 37.8 Å². The fourth-order valence-electron chi connectivity index (χ4n) is 2.91. The van der Waals surface area contributed by atoms with E-state index < -0.39 is 0 Å². The molecule has 3 nitrogen and oxygen atoms in total. The highest BCUT2D eigenvalue weighted by atomic mass is 16.1. The maximum Gasteiger partial charge on any atom is 0.275 e. The minimum atomic E-state index is 0.0323. The molecule has 0 aliphatic carbocycles. The van der Waals surface area contributed by atoms with Gasteiger partial charge in [0.25, 0.3) is 5.56 Å². The summed E-state index contributed by atoms with van der Waals surface area (Å²) >= 11 is 0. The molecule has 0 spiro atoms. The molecule has 3 rings (SSSR count). The van der Waals surface area contributed by atoms with E-state index in [2.05, 4.69) is 50.1 Å². The van der Waals surface area contributed by atoms with Crippen LogP contribution < -0.4 is 5.56 Å². The Morgan fingerprint density at radius 3 is 2.22 bits per heavy atom. The third kappa shape index (κ3) is 2.74. The van der Waals surface area contributed by atoms with Crippen molar-refractivity contribution in [3.63, 3.8) is 0 Å². The minimum Gasteiger partial charge on any atom is -0.290 e. The fourth-order valence-corrected chi connectivity index (χ4v) is 2.91. The van der Waals surface area contributed by atoms with Crippen LogP contribution in [0.5, 0.6) is 0 Å². The van der Waals surface area contributed by atoms with E-state index in [4.69, 9.17) is 0 Å². The molecule has 0 atom stereocenters. The molecule has 0 fully saturated rings. The quantitative estimate of drug-likeness (QED) is 0.756. The summed E-state index contributed by atoms with van der Waals surface area (Å²) in [4.78, 5) is 13.0. The molecule has 0 radical (unpaired) electrons. The highest BCUT2D eigenvalue weighted by Gasteiger charge is 2.19. The lowest BCUT2D eigenvalue weighted by Gasteiger charge is -2.06. The van der Waals surface area contributed by atoms with E-state index in [1.807, 2.05) is 31.2 Å². The van der Waals surface area contributed by atoms with E-state index in [1.165, 1.54) is 5.56 Å². The highest BCUT2D eigenvalue weighted by molar-refractivity contribution is 5.64. The second-order valence-corrected chi connectivity index (χ2v) is 6.35. The third-order valence-corrected chi connectivity index (χ3v) is 4.20. The molecule has 1 heterocycles. The molecule has 1 aromatic heterocycles. The number of hydrogen-bond acceptors (Lipinski definition) is 1. The van der Waals surface area contributed by atoms with Crippen molar-refractivity contribution in [2.45, 2.75) is 33.6 Å². The lowest BCUT2D eigenvalue weighted by atomic mass is 9.99. The van der Waals surface area contributed by atoms with Crippen molar-refractivity contribution in [1.29, 1.82) is 0 Å². The van der Waals surface area contributed by atoms with E-state index in [0.29, 0.717) is 0 Å². The lowest BCUT2D eigenvalue weighted by molar-refractivity contribution is 0.821. The molecule has 2 aromatic carbocycles. The molecule has 0 saturated carbocycles. The molecular weight excluding hydrogens is 284 g/mol. The predicted octanol–water partition coefficient (Wildman–Crippen LogP) is 4.57. The van der Waals surface area contributed by atoms with Gasteiger partial charge in [0.15, 0.2) is 0 Å². The first-order valence-corrected chi connectivity index (χ1v) is 7.97. The van der Waals surface area contributed by atoms with Crippen molar-refractivity contribution in [2.75, 3.05) is 0 Å². The Hall–Kier alpha value is -2.55. The zero-order chi connectivity index (χ0) is 16.6. The number of aromatic amines is 1. The van der Waals surface area contributed by atoms with Crippen LogP contribution in [-0.2, 0) is 0 Å². The van der Waals surface area contributed by atoms with Gasteiger partial charge in [-0.25, -0.2) is 4.68 Å². The number of nitrogens with zero attached hydrogens (tertiary/aromatic N) is 1.